The van der Waals surface area contributed by atoms with Crippen molar-refractivity contribution in [3.8, 4) is 5.75 Å². The smallest absolute Gasteiger partial charge is 0.387 e. The van der Waals surface area contributed by atoms with Gasteiger partial charge in [-0.1, -0.05) is 12.1 Å². The lowest BCUT2D eigenvalue weighted by Gasteiger charge is -2.27. The first-order chi connectivity index (χ1) is 10.6. The Morgan fingerprint density at radius 2 is 2.05 bits per heavy atom. The van der Waals surface area contributed by atoms with E-state index in [-0.39, 0.29) is 17.6 Å². The summed E-state index contributed by atoms with van der Waals surface area (Å²) in [4.78, 5) is 11.5. The van der Waals surface area contributed by atoms with Crippen LogP contribution in [0.15, 0.2) is 24.3 Å². The summed E-state index contributed by atoms with van der Waals surface area (Å²) in [5.41, 5.74) is 0.897. The number of ether oxygens (including phenoxy) is 2. The van der Waals surface area contributed by atoms with Gasteiger partial charge in [-0.05, 0) is 43.4 Å². The standard InChI is InChI=1S/C16H21F2NO3/c1-21-15(20)12-5-7-13(8-6-12)19-10-11-3-2-4-14(9-11)22-16(17)18/h2-4,9,12-13,16,19H,5-8,10H2,1H3. The molecule has 122 valence electrons. The monoisotopic (exact) mass is 313 g/mol. The van der Waals surface area contributed by atoms with Crippen LogP contribution in [-0.2, 0) is 16.1 Å². The molecule has 22 heavy (non-hydrogen) atoms. The third-order valence-corrected chi connectivity index (χ3v) is 3.98. The number of carbonyl (C=O) groups is 1. The Hall–Kier alpha value is -1.69. The van der Waals surface area contributed by atoms with Crippen molar-refractivity contribution in [3.63, 3.8) is 0 Å². The van der Waals surface area contributed by atoms with E-state index in [9.17, 15) is 13.6 Å². The predicted molar refractivity (Wildman–Crippen MR) is 77.7 cm³/mol. The number of esters is 1. The van der Waals surface area contributed by atoms with Gasteiger partial charge < -0.3 is 14.8 Å². The normalized spacial score (nSPS) is 21.6. The summed E-state index contributed by atoms with van der Waals surface area (Å²) >= 11 is 0. The maximum atomic E-state index is 12.2. The van der Waals surface area contributed by atoms with E-state index in [0.717, 1.165) is 31.2 Å². The van der Waals surface area contributed by atoms with Crippen LogP contribution in [0.1, 0.15) is 31.2 Å². The first-order valence-electron chi connectivity index (χ1n) is 7.43. The number of carbonyl (C=O) groups excluding carboxylic acids is 1. The Kier molecular flexibility index (Phi) is 6.12. The van der Waals surface area contributed by atoms with E-state index < -0.39 is 6.61 Å². The molecule has 1 saturated carbocycles. The molecule has 0 saturated heterocycles. The molecule has 1 aliphatic rings. The maximum Gasteiger partial charge on any atom is 0.387 e. The highest BCUT2D eigenvalue weighted by molar-refractivity contribution is 5.72. The van der Waals surface area contributed by atoms with Crippen molar-refractivity contribution in [3.05, 3.63) is 29.8 Å². The van der Waals surface area contributed by atoms with Gasteiger partial charge in [0.2, 0.25) is 0 Å². The van der Waals surface area contributed by atoms with Crippen molar-refractivity contribution in [2.45, 2.75) is 44.9 Å². The highest BCUT2D eigenvalue weighted by Gasteiger charge is 2.26. The molecule has 2 rings (SSSR count). The molecule has 0 spiro atoms. The first-order valence-corrected chi connectivity index (χ1v) is 7.43. The van der Waals surface area contributed by atoms with Gasteiger partial charge in [0.1, 0.15) is 5.75 Å². The average molecular weight is 313 g/mol. The minimum atomic E-state index is -2.81. The lowest BCUT2D eigenvalue weighted by molar-refractivity contribution is -0.146. The summed E-state index contributed by atoms with van der Waals surface area (Å²) in [6, 6.07) is 7.02. The quantitative estimate of drug-likeness (QED) is 0.820. The van der Waals surface area contributed by atoms with Crippen molar-refractivity contribution in [1.82, 2.24) is 5.32 Å². The van der Waals surface area contributed by atoms with Gasteiger partial charge in [-0.15, -0.1) is 0 Å². The third kappa shape index (κ3) is 4.94. The molecular formula is C16H21F2NO3. The predicted octanol–water partition coefficient (Wildman–Crippen LogP) is 3.11. The molecule has 0 amide bonds. The number of benzene rings is 1. The second kappa shape index (κ2) is 8.08. The van der Waals surface area contributed by atoms with Gasteiger partial charge in [-0.2, -0.15) is 8.78 Å². The number of halogens is 2. The molecule has 0 radical (unpaired) electrons. The van der Waals surface area contributed by atoms with Crippen LogP contribution in [0.3, 0.4) is 0 Å². The Bertz CT molecular complexity index is 488. The van der Waals surface area contributed by atoms with E-state index in [1.165, 1.54) is 13.2 Å². The number of methoxy groups -OCH3 is 1. The van der Waals surface area contributed by atoms with Crippen molar-refractivity contribution < 1.29 is 23.0 Å². The number of hydrogen-bond acceptors (Lipinski definition) is 4. The Balaban J connectivity index is 1.78. The summed E-state index contributed by atoms with van der Waals surface area (Å²) in [5.74, 6) is 0.0461. The second-order valence-corrected chi connectivity index (χ2v) is 5.48. The topological polar surface area (TPSA) is 47.6 Å². The number of rotatable bonds is 6. The fourth-order valence-electron chi connectivity index (χ4n) is 2.79. The summed E-state index contributed by atoms with van der Waals surface area (Å²) < 4.78 is 33.5. The SMILES string of the molecule is COC(=O)C1CCC(NCc2cccc(OC(F)F)c2)CC1. The van der Waals surface area contributed by atoms with Crippen LogP contribution in [0.4, 0.5) is 8.78 Å². The number of nitrogens with one attached hydrogen (secondary N) is 1. The van der Waals surface area contributed by atoms with Crippen LogP contribution in [0.5, 0.6) is 5.75 Å². The van der Waals surface area contributed by atoms with Crippen LogP contribution >= 0.6 is 0 Å². The molecule has 4 nitrogen and oxygen atoms in total. The van der Waals surface area contributed by atoms with E-state index >= 15 is 0 Å². The average Bonchev–Trinajstić information content (AvgIpc) is 2.52. The van der Waals surface area contributed by atoms with Crippen LogP contribution in [0.25, 0.3) is 0 Å². The highest BCUT2D eigenvalue weighted by atomic mass is 19.3. The van der Waals surface area contributed by atoms with E-state index in [0.29, 0.717) is 12.6 Å². The third-order valence-electron chi connectivity index (χ3n) is 3.98. The van der Waals surface area contributed by atoms with Gasteiger partial charge in [-0.25, -0.2) is 0 Å². The zero-order chi connectivity index (χ0) is 15.9. The van der Waals surface area contributed by atoms with Crippen molar-refractivity contribution >= 4 is 5.97 Å². The fraction of sp³-hybridized carbons (Fsp3) is 0.562. The maximum absolute atomic E-state index is 12.2. The Labute approximate surface area is 128 Å². The lowest BCUT2D eigenvalue weighted by atomic mass is 9.86. The van der Waals surface area contributed by atoms with E-state index in [1.807, 2.05) is 6.07 Å². The molecule has 0 bridgehead atoms. The number of alkyl halides is 2. The van der Waals surface area contributed by atoms with Crippen LogP contribution < -0.4 is 10.1 Å². The fourth-order valence-corrected chi connectivity index (χ4v) is 2.79. The molecule has 1 aromatic rings. The van der Waals surface area contributed by atoms with Crippen LogP contribution in [-0.4, -0.2) is 25.7 Å². The van der Waals surface area contributed by atoms with Crippen molar-refractivity contribution in [1.29, 1.82) is 0 Å². The van der Waals surface area contributed by atoms with E-state index in [1.54, 1.807) is 12.1 Å². The van der Waals surface area contributed by atoms with Gasteiger partial charge in [0.15, 0.2) is 0 Å². The molecule has 0 aromatic heterocycles. The van der Waals surface area contributed by atoms with Crippen LogP contribution in [0.2, 0.25) is 0 Å². The zero-order valence-electron chi connectivity index (χ0n) is 12.6. The summed E-state index contributed by atoms with van der Waals surface area (Å²) in [6.07, 6.45) is 3.46. The largest absolute Gasteiger partial charge is 0.469 e. The van der Waals surface area contributed by atoms with Crippen LogP contribution in [0, 0.1) is 5.92 Å². The summed E-state index contributed by atoms with van der Waals surface area (Å²) in [5, 5.41) is 3.40. The van der Waals surface area contributed by atoms with Gasteiger partial charge in [0.05, 0.1) is 13.0 Å². The minimum Gasteiger partial charge on any atom is -0.469 e. The summed E-state index contributed by atoms with van der Waals surface area (Å²) in [6.45, 7) is -2.22. The molecule has 1 fully saturated rings. The lowest BCUT2D eigenvalue weighted by Crippen LogP contribution is -2.34. The molecule has 0 atom stereocenters. The zero-order valence-corrected chi connectivity index (χ0v) is 12.6. The molecule has 1 N–H and O–H groups in total. The first kappa shape index (κ1) is 16.7. The van der Waals surface area contributed by atoms with E-state index in [4.69, 9.17) is 4.74 Å². The van der Waals surface area contributed by atoms with Crippen molar-refractivity contribution in [2.24, 2.45) is 5.92 Å². The highest BCUT2D eigenvalue weighted by Crippen LogP contribution is 2.25. The second-order valence-electron chi connectivity index (χ2n) is 5.48. The Morgan fingerprint density at radius 1 is 1.32 bits per heavy atom. The molecule has 6 heteroatoms. The molecule has 1 aromatic carbocycles. The summed E-state index contributed by atoms with van der Waals surface area (Å²) in [7, 11) is 1.42. The Morgan fingerprint density at radius 3 is 2.68 bits per heavy atom. The molecule has 1 aliphatic carbocycles. The van der Waals surface area contributed by atoms with E-state index in [2.05, 4.69) is 10.1 Å². The van der Waals surface area contributed by atoms with Gasteiger partial charge >= 0.3 is 12.6 Å². The molecule has 0 unspecified atom stereocenters. The van der Waals surface area contributed by atoms with Gasteiger partial charge in [-0.3, -0.25) is 4.79 Å². The van der Waals surface area contributed by atoms with Gasteiger partial charge in [0, 0.05) is 12.6 Å². The van der Waals surface area contributed by atoms with Gasteiger partial charge in [0.25, 0.3) is 0 Å². The minimum absolute atomic E-state index is 0.00539. The molecule has 0 heterocycles. The number of hydrogen-bond donors (Lipinski definition) is 1. The van der Waals surface area contributed by atoms with Crippen molar-refractivity contribution in [2.75, 3.05) is 7.11 Å². The molecular weight excluding hydrogens is 292 g/mol. The molecule has 0 aliphatic heterocycles.